The Balaban J connectivity index is 1.75. The Bertz CT molecular complexity index is 276. The number of nitrogens with zero attached hydrogens (tertiary/aromatic N) is 2. The van der Waals surface area contributed by atoms with Crippen LogP contribution in [0, 0.1) is 11.8 Å². The van der Waals surface area contributed by atoms with Crippen LogP contribution in [0.2, 0.25) is 0 Å². The van der Waals surface area contributed by atoms with Crippen LogP contribution in [0.3, 0.4) is 0 Å². The molecule has 1 aliphatic carbocycles. The Morgan fingerprint density at radius 3 is 2.14 bits per heavy atom. The molecule has 1 atom stereocenters. The van der Waals surface area contributed by atoms with Gasteiger partial charge in [-0.25, -0.2) is 0 Å². The topological polar surface area (TPSA) is 18.5 Å². The van der Waals surface area contributed by atoms with Gasteiger partial charge in [-0.3, -0.25) is 4.90 Å². The van der Waals surface area contributed by atoms with Crippen molar-refractivity contribution in [3.63, 3.8) is 0 Å². The zero-order valence-electron chi connectivity index (χ0n) is 14.8. The Morgan fingerprint density at radius 2 is 1.62 bits per heavy atom. The maximum Gasteiger partial charge on any atom is 0.0244 e. The molecule has 0 radical (unpaired) electrons. The molecule has 3 nitrogen and oxygen atoms in total. The highest BCUT2D eigenvalue weighted by Gasteiger charge is 2.26. The van der Waals surface area contributed by atoms with E-state index in [0.717, 1.165) is 17.9 Å². The standard InChI is InChI=1S/C18H37N3/c1-5-16-6-8-17(9-7-16)19-14-18(15(2)3)21-12-10-20(4)11-13-21/h15-19H,5-14H2,1-4H3. The van der Waals surface area contributed by atoms with E-state index in [9.17, 15) is 0 Å². The molecule has 1 saturated carbocycles. The van der Waals surface area contributed by atoms with Crippen molar-refractivity contribution in [1.82, 2.24) is 15.1 Å². The van der Waals surface area contributed by atoms with Crippen LogP contribution in [0.4, 0.5) is 0 Å². The number of hydrogen-bond donors (Lipinski definition) is 1. The molecule has 2 aliphatic rings. The molecule has 0 aromatic rings. The summed E-state index contributed by atoms with van der Waals surface area (Å²) in [5.41, 5.74) is 0. The summed E-state index contributed by atoms with van der Waals surface area (Å²) in [5, 5.41) is 3.90. The number of piperazine rings is 1. The summed E-state index contributed by atoms with van der Waals surface area (Å²) in [5.74, 6) is 1.74. The van der Waals surface area contributed by atoms with Crippen LogP contribution in [-0.2, 0) is 0 Å². The van der Waals surface area contributed by atoms with Crippen molar-refractivity contribution in [2.45, 2.75) is 65.0 Å². The Morgan fingerprint density at radius 1 is 1.00 bits per heavy atom. The van der Waals surface area contributed by atoms with E-state index in [1.807, 2.05) is 0 Å². The highest BCUT2D eigenvalue weighted by Crippen LogP contribution is 2.26. The Hall–Kier alpha value is -0.120. The van der Waals surface area contributed by atoms with Crippen molar-refractivity contribution in [3.05, 3.63) is 0 Å². The fourth-order valence-electron chi connectivity index (χ4n) is 4.00. The van der Waals surface area contributed by atoms with E-state index in [-0.39, 0.29) is 0 Å². The summed E-state index contributed by atoms with van der Waals surface area (Å²) in [4.78, 5) is 5.17. The Labute approximate surface area is 132 Å². The van der Waals surface area contributed by atoms with Gasteiger partial charge in [0.05, 0.1) is 0 Å². The molecule has 1 aliphatic heterocycles. The van der Waals surface area contributed by atoms with Gasteiger partial charge in [-0.15, -0.1) is 0 Å². The van der Waals surface area contributed by atoms with Crippen LogP contribution in [-0.4, -0.2) is 61.7 Å². The van der Waals surface area contributed by atoms with Gasteiger partial charge in [-0.2, -0.15) is 0 Å². The summed E-state index contributed by atoms with van der Waals surface area (Å²) in [7, 11) is 2.24. The fraction of sp³-hybridized carbons (Fsp3) is 1.00. The third-order valence-corrected chi connectivity index (χ3v) is 5.82. The molecule has 0 aromatic heterocycles. The molecule has 1 saturated heterocycles. The number of nitrogens with one attached hydrogen (secondary N) is 1. The lowest BCUT2D eigenvalue weighted by molar-refractivity contribution is 0.0844. The minimum Gasteiger partial charge on any atom is -0.312 e. The lowest BCUT2D eigenvalue weighted by atomic mass is 9.84. The second-order valence-corrected chi connectivity index (χ2v) is 7.68. The highest BCUT2D eigenvalue weighted by molar-refractivity contribution is 4.84. The summed E-state index contributed by atoms with van der Waals surface area (Å²) >= 11 is 0. The quantitative estimate of drug-likeness (QED) is 0.813. The van der Waals surface area contributed by atoms with Gasteiger partial charge in [-0.05, 0) is 44.6 Å². The summed E-state index contributed by atoms with van der Waals surface area (Å²) in [6, 6.07) is 1.49. The van der Waals surface area contributed by atoms with Crippen LogP contribution in [0.25, 0.3) is 0 Å². The molecular formula is C18H37N3. The second kappa shape index (κ2) is 8.50. The Kier molecular flexibility index (Phi) is 6.97. The van der Waals surface area contributed by atoms with Crippen molar-refractivity contribution in [2.24, 2.45) is 11.8 Å². The van der Waals surface area contributed by atoms with Crippen LogP contribution in [0.5, 0.6) is 0 Å². The van der Waals surface area contributed by atoms with Gasteiger partial charge in [0, 0.05) is 44.8 Å². The fourth-order valence-corrected chi connectivity index (χ4v) is 4.00. The molecule has 3 heteroatoms. The van der Waals surface area contributed by atoms with Crippen molar-refractivity contribution in [1.29, 1.82) is 0 Å². The average Bonchev–Trinajstić information content (AvgIpc) is 2.49. The lowest BCUT2D eigenvalue weighted by Gasteiger charge is -2.41. The molecule has 1 N–H and O–H groups in total. The zero-order valence-corrected chi connectivity index (χ0v) is 14.8. The first-order valence-electron chi connectivity index (χ1n) is 9.26. The summed E-state index contributed by atoms with van der Waals surface area (Å²) < 4.78 is 0. The molecule has 21 heavy (non-hydrogen) atoms. The van der Waals surface area contributed by atoms with Crippen molar-refractivity contribution in [2.75, 3.05) is 39.8 Å². The third kappa shape index (κ3) is 5.22. The molecule has 0 spiro atoms. The molecule has 0 amide bonds. The number of likely N-dealkylation sites (N-methyl/N-ethyl adjacent to an activating group) is 1. The van der Waals surface area contributed by atoms with Crippen LogP contribution in [0.1, 0.15) is 52.9 Å². The predicted octanol–water partition coefficient (Wildman–Crippen LogP) is 2.82. The zero-order chi connectivity index (χ0) is 15.2. The van der Waals surface area contributed by atoms with Crippen molar-refractivity contribution in [3.8, 4) is 0 Å². The second-order valence-electron chi connectivity index (χ2n) is 7.68. The summed E-state index contributed by atoms with van der Waals surface area (Å²) in [6.45, 7) is 13.2. The van der Waals surface area contributed by atoms with Gasteiger partial charge in [0.2, 0.25) is 0 Å². The minimum atomic E-state index is 0.711. The molecule has 1 heterocycles. The van der Waals surface area contributed by atoms with E-state index >= 15 is 0 Å². The molecule has 2 fully saturated rings. The van der Waals surface area contributed by atoms with Crippen LogP contribution >= 0.6 is 0 Å². The van der Waals surface area contributed by atoms with Crippen molar-refractivity contribution >= 4 is 0 Å². The van der Waals surface area contributed by atoms with Gasteiger partial charge in [0.1, 0.15) is 0 Å². The molecule has 0 aromatic carbocycles. The van der Waals surface area contributed by atoms with E-state index in [2.05, 4.69) is 42.9 Å². The van der Waals surface area contributed by atoms with Crippen LogP contribution in [0.15, 0.2) is 0 Å². The first kappa shape index (κ1) is 17.2. The van der Waals surface area contributed by atoms with Gasteiger partial charge >= 0.3 is 0 Å². The van der Waals surface area contributed by atoms with Gasteiger partial charge in [-0.1, -0.05) is 27.2 Å². The monoisotopic (exact) mass is 295 g/mol. The predicted molar refractivity (Wildman–Crippen MR) is 91.7 cm³/mol. The maximum absolute atomic E-state index is 3.90. The molecule has 1 unspecified atom stereocenters. The molecule has 124 valence electrons. The third-order valence-electron chi connectivity index (χ3n) is 5.82. The van der Waals surface area contributed by atoms with E-state index in [1.165, 1.54) is 64.8 Å². The minimum absolute atomic E-state index is 0.711. The maximum atomic E-state index is 3.90. The lowest BCUT2D eigenvalue weighted by Crippen LogP contribution is -2.54. The van der Waals surface area contributed by atoms with E-state index < -0.39 is 0 Å². The van der Waals surface area contributed by atoms with E-state index in [0.29, 0.717) is 6.04 Å². The molecule has 2 rings (SSSR count). The van der Waals surface area contributed by atoms with Gasteiger partial charge in [0.25, 0.3) is 0 Å². The van der Waals surface area contributed by atoms with E-state index in [1.54, 1.807) is 0 Å². The molecule has 0 bridgehead atoms. The smallest absolute Gasteiger partial charge is 0.0244 e. The number of hydrogen-bond acceptors (Lipinski definition) is 3. The summed E-state index contributed by atoms with van der Waals surface area (Å²) in [6.07, 6.45) is 7.05. The van der Waals surface area contributed by atoms with E-state index in [4.69, 9.17) is 0 Å². The largest absolute Gasteiger partial charge is 0.312 e. The number of rotatable bonds is 6. The van der Waals surface area contributed by atoms with Gasteiger partial charge < -0.3 is 10.2 Å². The first-order valence-corrected chi connectivity index (χ1v) is 9.26. The van der Waals surface area contributed by atoms with Gasteiger partial charge in [0.15, 0.2) is 0 Å². The van der Waals surface area contributed by atoms with Crippen LogP contribution < -0.4 is 5.32 Å². The highest BCUT2D eigenvalue weighted by atomic mass is 15.3. The van der Waals surface area contributed by atoms with Crippen molar-refractivity contribution < 1.29 is 0 Å². The normalized spacial score (nSPS) is 30.7. The SMILES string of the molecule is CCC1CCC(NCC(C(C)C)N2CCN(C)CC2)CC1. The average molecular weight is 296 g/mol. The molecular weight excluding hydrogens is 258 g/mol. The first-order chi connectivity index (χ1) is 10.1.